The van der Waals surface area contributed by atoms with E-state index in [9.17, 15) is 5.11 Å². The molecule has 2 heterocycles. The van der Waals surface area contributed by atoms with E-state index in [0.29, 0.717) is 11.0 Å². The van der Waals surface area contributed by atoms with E-state index >= 15 is 0 Å². The van der Waals surface area contributed by atoms with Gasteiger partial charge in [0.15, 0.2) is 11.0 Å². The second kappa shape index (κ2) is 5.27. The van der Waals surface area contributed by atoms with Crippen molar-refractivity contribution in [2.45, 2.75) is 37.8 Å². The summed E-state index contributed by atoms with van der Waals surface area (Å²) in [5, 5.41) is 22.2. The van der Waals surface area contributed by atoms with Crippen LogP contribution in [0.15, 0.2) is 18.3 Å². The van der Waals surface area contributed by atoms with Crippen LogP contribution in [-0.2, 0) is 0 Å². The normalized spacial score (nSPS) is 23.5. The Morgan fingerprint density at radius 3 is 3.05 bits per heavy atom. The summed E-state index contributed by atoms with van der Waals surface area (Å²) >= 11 is 6.01. The topological polar surface area (TPSA) is 70.9 Å². The molecule has 0 spiro atoms. The van der Waals surface area contributed by atoms with Gasteiger partial charge in [0.2, 0.25) is 0 Å². The van der Waals surface area contributed by atoms with Crippen molar-refractivity contribution in [1.82, 2.24) is 15.2 Å². The van der Waals surface area contributed by atoms with E-state index in [1.807, 2.05) is 12.1 Å². The maximum absolute atomic E-state index is 9.70. The van der Waals surface area contributed by atoms with E-state index < -0.39 is 0 Å². The SMILES string of the molecule is O[C@H]1CCC[C@@H](Nc2nnc(Cl)c3cccnc23)C1. The second-order valence-corrected chi connectivity index (χ2v) is 5.26. The zero-order valence-electron chi connectivity index (χ0n) is 10.4. The molecule has 1 saturated carbocycles. The highest BCUT2D eigenvalue weighted by Crippen LogP contribution is 2.27. The fourth-order valence-corrected chi connectivity index (χ4v) is 2.73. The number of pyridine rings is 1. The van der Waals surface area contributed by atoms with Crippen LogP contribution in [0.3, 0.4) is 0 Å². The van der Waals surface area contributed by atoms with E-state index in [-0.39, 0.29) is 12.1 Å². The molecule has 2 atom stereocenters. The molecule has 2 N–H and O–H groups in total. The molecule has 1 aliphatic carbocycles. The molecule has 2 aromatic rings. The summed E-state index contributed by atoms with van der Waals surface area (Å²) in [5.74, 6) is 0.638. The molecule has 1 aliphatic rings. The lowest BCUT2D eigenvalue weighted by atomic mass is 9.93. The van der Waals surface area contributed by atoms with Gasteiger partial charge in [-0.25, -0.2) is 0 Å². The Labute approximate surface area is 116 Å². The third-order valence-electron chi connectivity index (χ3n) is 3.48. The fourth-order valence-electron chi connectivity index (χ4n) is 2.54. The predicted molar refractivity (Wildman–Crippen MR) is 74.2 cm³/mol. The monoisotopic (exact) mass is 278 g/mol. The van der Waals surface area contributed by atoms with E-state index in [2.05, 4.69) is 20.5 Å². The summed E-state index contributed by atoms with van der Waals surface area (Å²) in [6.45, 7) is 0. The minimum absolute atomic E-state index is 0.212. The van der Waals surface area contributed by atoms with Gasteiger partial charge in [-0.3, -0.25) is 4.98 Å². The van der Waals surface area contributed by atoms with Gasteiger partial charge in [0.05, 0.1) is 6.10 Å². The predicted octanol–water partition coefficient (Wildman–Crippen LogP) is 2.39. The van der Waals surface area contributed by atoms with Gasteiger partial charge in [-0.1, -0.05) is 11.6 Å². The van der Waals surface area contributed by atoms with Gasteiger partial charge in [0, 0.05) is 17.6 Å². The van der Waals surface area contributed by atoms with Gasteiger partial charge >= 0.3 is 0 Å². The van der Waals surface area contributed by atoms with Crippen LogP contribution in [0, 0.1) is 0 Å². The van der Waals surface area contributed by atoms with Crippen molar-refractivity contribution >= 4 is 28.3 Å². The summed E-state index contributed by atoms with van der Waals surface area (Å²) in [6, 6.07) is 3.91. The number of aromatic nitrogens is 3. The summed E-state index contributed by atoms with van der Waals surface area (Å²) in [6.07, 6.45) is 5.13. The van der Waals surface area contributed by atoms with Crippen molar-refractivity contribution in [1.29, 1.82) is 0 Å². The highest BCUT2D eigenvalue weighted by atomic mass is 35.5. The molecular formula is C13H15ClN4O. The lowest BCUT2D eigenvalue weighted by Gasteiger charge is -2.27. The number of anilines is 1. The van der Waals surface area contributed by atoms with Crippen molar-refractivity contribution in [3.8, 4) is 0 Å². The largest absolute Gasteiger partial charge is 0.393 e. The standard InChI is InChI=1S/C13H15ClN4O/c14-12-10-5-2-6-15-11(10)13(18-17-12)16-8-3-1-4-9(19)7-8/h2,5-6,8-9,19H,1,3-4,7H2,(H,16,18)/t8-,9+/m1/s1. The first-order valence-corrected chi connectivity index (χ1v) is 6.83. The zero-order valence-corrected chi connectivity index (χ0v) is 11.1. The van der Waals surface area contributed by atoms with E-state index in [1.54, 1.807) is 6.20 Å². The third-order valence-corrected chi connectivity index (χ3v) is 3.76. The van der Waals surface area contributed by atoms with Crippen LogP contribution >= 0.6 is 11.6 Å². The van der Waals surface area contributed by atoms with E-state index in [0.717, 1.165) is 36.6 Å². The summed E-state index contributed by atoms with van der Waals surface area (Å²) in [4.78, 5) is 4.31. The molecule has 0 amide bonds. The number of hydrogen-bond donors (Lipinski definition) is 2. The maximum atomic E-state index is 9.70. The average molecular weight is 279 g/mol. The molecule has 0 radical (unpaired) electrons. The lowest BCUT2D eigenvalue weighted by molar-refractivity contribution is 0.124. The van der Waals surface area contributed by atoms with Gasteiger partial charge < -0.3 is 10.4 Å². The van der Waals surface area contributed by atoms with Crippen LogP contribution in [0.1, 0.15) is 25.7 Å². The van der Waals surface area contributed by atoms with Crippen molar-refractivity contribution in [3.05, 3.63) is 23.5 Å². The molecule has 0 aliphatic heterocycles. The van der Waals surface area contributed by atoms with Crippen LogP contribution in [-0.4, -0.2) is 32.4 Å². The first-order valence-electron chi connectivity index (χ1n) is 6.45. The number of hydrogen-bond acceptors (Lipinski definition) is 5. The molecule has 5 nitrogen and oxygen atoms in total. The number of aliphatic hydroxyl groups excluding tert-OH is 1. The Balaban J connectivity index is 1.90. The summed E-state index contributed by atoms with van der Waals surface area (Å²) < 4.78 is 0. The molecule has 100 valence electrons. The molecule has 2 aromatic heterocycles. The lowest BCUT2D eigenvalue weighted by Crippen LogP contribution is -2.30. The fraction of sp³-hybridized carbons (Fsp3) is 0.462. The van der Waals surface area contributed by atoms with Gasteiger partial charge in [-0.15, -0.1) is 10.2 Å². The molecule has 0 unspecified atom stereocenters. The number of halogens is 1. The van der Waals surface area contributed by atoms with Crippen LogP contribution < -0.4 is 5.32 Å². The first kappa shape index (κ1) is 12.6. The molecule has 0 bridgehead atoms. The summed E-state index contributed by atoms with van der Waals surface area (Å²) in [7, 11) is 0. The van der Waals surface area contributed by atoms with Crippen molar-refractivity contribution < 1.29 is 5.11 Å². The molecule has 1 fully saturated rings. The average Bonchev–Trinajstić information content (AvgIpc) is 2.42. The number of nitrogens with one attached hydrogen (secondary N) is 1. The highest BCUT2D eigenvalue weighted by molar-refractivity contribution is 6.34. The van der Waals surface area contributed by atoms with Crippen LogP contribution in [0.5, 0.6) is 0 Å². The number of aliphatic hydroxyl groups is 1. The molecule has 0 saturated heterocycles. The zero-order chi connectivity index (χ0) is 13.2. The van der Waals surface area contributed by atoms with E-state index in [1.165, 1.54) is 0 Å². The minimum atomic E-state index is -0.231. The Bertz CT molecular complexity index is 592. The van der Waals surface area contributed by atoms with Gasteiger partial charge in [-0.05, 0) is 37.8 Å². The minimum Gasteiger partial charge on any atom is -0.393 e. The Hall–Kier alpha value is -1.46. The number of rotatable bonds is 2. The Morgan fingerprint density at radius 2 is 2.21 bits per heavy atom. The van der Waals surface area contributed by atoms with Crippen LogP contribution in [0.25, 0.3) is 10.9 Å². The third kappa shape index (κ3) is 2.62. The molecule has 0 aromatic carbocycles. The van der Waals surface area contributed by atoms with E-state index in [4.69, 9.17) is 11.6 Å². The molecule has 19 heavy (non-hydrogen) atoms. The number of nitrogens with zero attached hydrogens (tertiary/aromatic N) is 3. The Morgan fingerprint density at radius 1 is 1.32 bits per heavy atom. The quantitative estimate of drug-likeness (QED) is 0.883. The van der Waals surface area contributed by atoms with Gasteiger partial charge in [0.1, 0.15) is 5.52 Å². The smallest absolute Gasteiger partial charge is 0.175 e. The van der Waals surface area contributed by atoms with Gasteiger partial charge in [-0.2, -0.15) is 0 Å². The highest BCUT2D eigenvalue weighted by Gasteiger charge is 2.21. The maximum Gasteiger partial charge on any atom is 0.175 e. The van der Waals surface area contributed by atoms with Crippen LogP contribution in [0.2, 0.25) is 5.15 Å². The molecular weight excluding hydrogens is 264 g/mol. The first-order chi connectivity index (χ1) is 9.24. The molecule has 3 rings (SSSR count). The van der Waals surface area contributed by atoms with Crippen molar-refractivity contribution in [2.24, 2.45) is 0 Å². The summed E-state index contributed by atoms with van der Waals surface area (Å²) in [5.41, 5.74) is 0.725. The molecule has 6 heteroatoms. The van der Waals surface area contributed by atoms with Crippen molar-refractivity contribution in [3.63, 3.8) is 0 Å². The van der Waals surface area contributed by atoms with Crippen molar-refractivity contribution in [2.75, 3.05) is 5.32 Å². The number of fused-ring (bicyclic) bond motifs is 1. The Kier molecular flexibility index (Phi) is 3.48. The van der Waals surface area contributed by atoms with Gasteiger partial charge in [0.25, 0.3) is 0 Å². The van der Waals surface area contributed by atoms with Crippen LogP contribution in [0.4, 0.5) is 5.82 Å². The second-order valence-electron chi connectivity index (χ2n) is 4.90.